The third-order valence-corrected chi connectivity index (χ3v) is 3.80. The highest BCUT2D eigenvalue weighted by Crippen LogP contribution is 2.30. The molecule has 1 unspecified atom stereocenters. The van der Waals surface area contributed by atoms with Gasteiger partial charge >= 0.3 is 6.18 Å². The van der Waals surface area contributed by atoms with E-state index in [0.29, 0.717) is 5.75 Å². The number of halogens is 3. The zero-order valence-corrected chi connectivity index (χ0v) is 11.2. The summed E-state index contributed by atoms with van der Waals surface area (Å²) in [5.74, 6) is 0.603. The molecule has 1 aromatic rings. The van der Waals surface area contributed by atoms with Crippen molar-refractivity contribution in [2.24, 2.45) is 5.92 Å². The van der Waals surface area contributed by atoms with Crippen molar-refractivity contribution in [2.75, 3.05) is 6.61 Å². The first-order valence-electron chi connectivity index (χ1n) is 6.95. The Morgan fingerprint density at radius 3 is 2.25 bits per heavy atom. The number of rotatable bonds is 4. The number of aliphatic hydroxyl groups excluding tert-OH is 1. The SMILES string of the molecule is OC(COc1ccc(C(F)(F)F)cc1)C1CCCCC1. The molecule has 0 aromatic heterocycles. The van der Waals surface area contributed by atoms with Gasteiger partial charge in [-0.05, 0) is 43.0 Å². The molecule has 1 aromatic carbocycles. The Morgan fingerprint density at radius 1 is 1.10 bits per heavy atom. The second kappa shape index (κ2) is 6.48. The molecule has 1 aliphatic rings. The molecule has 0 heterocycles. The third kappa shape index (κ3) is 4.13. The highest BCUT2D eigenvalue weighted by atomic mass is 19.4. The van der Waals surface area contributed by atoms with Crippen molar-refractivity contribution < 1.29 is 23.0 Å². The molecule has 20 heavy (non-hydrogen) atoms. The van der Waals surface area contributed by atoms with Crippen LogP contribution in [0.2, 0.25) is 0 Å². The summed E-state index contributed by atoms with van der Waals surface area (Å²) in [6.45, 7) is 0.135. The fraction of sp³-hybridized carbons (Fsp3) is 0.600. The minimum Gasteiger partial charge on any atom is -0.491 e. The highest BCUT2D eigenvalue weighted by molar-refractivity contribution is 5.28. The van der Waals surface area contributed by atoms with Crippen LogP contribution in [0, 0.1) is 5.92 Å². The first kappa shape index (κ1) is 15.2. The van der Waals surface area contributed by atoms with Crippen LogP contribution >= 0.6 is 0 Å². The van der Waals surface area contributed by atoms with Gasteiger partial charge < -0.3 is 9.84 Å². The lowest BCUT2D eigenvalue weighted by Crippen LogP contribution is -2.28. The van der Waals surface area contributed by atoms with Crippen molar-refractivity contribution in [1.29, 1.82) is 0 Å². The summed E-state index contributed by atoms with van der Waals surface area (Å²) in [5, 5.41) is 10.0. The summed E-state index contributed by atoms with van der Waals surface area (Å²) in [6.07, 6.45) is 0.583. The van der Waals surface area contributed by atoms with E-state index in [9.17, 15) is 18.3 Å². The lowest BCUT2D eigenvalue weighted by molar-refractivity contribution is -0.137. The quantitative estimate of drug-likeness (QED) is 0.906. The van der Waals surface area contributed by atoms with Gasteiger partial charge in [-0.1, -0.05) is 19.3 Å². The van der Waals surface area contributed by atoms with Gasteiger partial charge in [0.1, 0.15) is 12.4 Å². The van der Waals surface area contributed by atoms with Crippen LogP contribution in [0.1, 0.15) is 37.7 Å². The van der Waals surface area contributed by atoms with Crippen LogP contribution in [0.5, 0.6) is 5.75 Å². The van der Waals surface area contributed by atoms with Gasteiger partial charge in [0.15, 0.2) is 0 Å². The molecule has 0 bridgehead atoms. The van der Waals surface area contributed by atoms with E-state index in [4.69, 9.17) is 4.74 Å². The smallest absolute Gasteiger partial charge is 0.416 e. The van der Waals surface area contributed by atoms with Crippen molar-refractivity contribution >= 4 is 0 Å². The van der Waals surface area contributed by atoms with E-state index in [0.717, 1.165) is 37.8 Å². The van der Waals surface area contributed by atoms with Gasteiger partial charge in [-0.25, -0.2) is 0 Å². The number of hydrogen-bond acceptors (Lipinski definition) is 2. The zero-order valence-electron chi connectivity index (χ0n) is 11.2. The number of aliphatic hydroxyl groups is 1. The van der Waals surface area contributed by atoms with Gasteiger partial charge in [0.05, 0.1) is 11.7 Å². The largest absolute Gasteiger partial charge is 0.491 e. The summed E-state index contributed by atoms with van der Waals surface area (Å²) in [7, 11) is 0. The molecule has 0 spiro atoms. The Labute approximate surface area is 116 Å². The average molecular weight is 288 g/mol. The lowest BCUT2D eigenvalue weighted by Gasteiger charge is -2.26. The first-order valence-corrected chi connectivity index (χ1v) is 6.95. The van der Waals surface area contributed by atoms with Crippen molar-refractivity contribution in [3.05, 3.63) is 29.8 Å². The van der Waals surface area contributed by atoms with Gasteiger partial charge in [-0.3, -0.25) is 0 Å². The molecule has 0 radical (unpaired) electrons. The second-order valence-corrected chi connectivity index (χ2v) is 5.30. The van der Waals surface area contributed by atoms with E-state index in [1.807, 2.05) is 0 Å². The van der Waals surface area contributed by atoms with Gasteiger partial charge in [-0.15, -0.1) is 0 Å². The van der Waals surface area contributed by atoms with Gasteiger partial charge in [-0.2, -0.15) is 13.2 Å². The Kier molecular flexibility index (Phi) is 4.91. The highest BCUT2D eigenvalue weighted by Gasteiger charge is 2.30. The molecular formula is C15H19F3O2. The predicted octanol–water partition coefficient (Wildman–Crippen LogP) is 4.03. The fourth-order valence-corrected chi connectivity index (χ4v) is 2.58. The van der Waals surface area contributed by atoms with Crippen molar-refractivity contribution in [3.8, 4) is 5.75 Å². The molecule has 1 fully saturated rings. The minimum atomic E-state index is -4.33. The molecule has 2 nitrogen and oxygen atoms in total. The fourth-order valence-electron chi connectivity index (χ4n) is 2.58. The zero-order chi connectivity index (χ0) is 14.6. The summed E-state index contributed by atoms with van der Waals surface area (Å²) < 4.78 is 42.6. The molecule has 0 amide bonds. The van der Waals surface area contributed by atoms with Crippen LogP contribution in [-0.4, -0.2) is 17.8 Å². The summed E-state index contributed by atoms with van der Waals surface area (Å²) >= 11 is 0. The number of benzene rings is 1. The molecule has 1 N–H and O–H groups in total. The van der Waals surface area contributed by atoms with E-state index < -0.39 is 17.8 Å². The molecule has 1 saturated carbocycles. The molecule has 5 heteroatoms. The van der Waals surface area contributed by atoms with Gasteiger partial charge in [0.25, 0.3) is 0 Å². The summed E-state index contributed by atoms with van der Waals surface area (Å²) in [6, 6.07) is 4.55. The van der Waals surface area contributed by atoms with E-state index in [1.165, 1.54) is 18.6 Å². The Morgan fingerprint density at radius 2 is 1.70 bits per heavy atom. The van der Waals surface area contributed by atoms with Crippen LogP contribution in [0.15, 0.2) is 24.3 Å². The topological polar surface area (TPSA) is 29.5 Å². The molecule has 0 aliphatic heterocycles. The van der Waals surface area contributed by atoms with E-state index in [1.54, 1.807) is 0 Å². The maximum absolute atomic E-state index is 12.4. The van der Waals surface area contributed by atoms with Crippen molar-refractivity contribution in [1.82, 2.24) is 0 Å². The molecule has 112 valence electrons. The number of ether oxygens (including phenoxy) is 1. The second-order valence-electron chi connectivity index (χ2n) is 5.30. The van der Waals surface area contributed by atoms with Crippen molar-refractivity contribution in [2.45, 2.75) is 44.4 Å². The summed E-state index contributed by atoms with van der Waals surface area (Å²) in [5.41, 5.74) is -0.697. The van der Waals surface area contributed by atoms with Crippen LogP contribution < -0.4 is 4.74 Å². The Bertz CT molecular complexity index is 408. The normalized spacial score (nSPS) is 18.8. The Hall–Kier alpha value is -1.23. The monoisotopic (exact) mass is 288 g/mol. The molecule has 2 rings (SSSR count). The molecule has 1 atom stereocenters. The van der Waals surface area contributed by atoms with Crippen molar-refractivity contribution in [3.63, 3.8) is 0 Å². The molecule has 1 aliphatic carbocycles. The minimum absolute atomic E-state index is 0.135. The summed E-state index contributed by atoms with van der Waals surface area (Å²) in [4.78, 5) is 0. The number of alkyl halides is 3. The van der Waals surface area contributed by atoms with Crippen LogP contribution in [0.4, 0.5) is 13.2 Å². The first-order chi connectivity index (χ1) is 9.47. The Balaban J connectivity index is 1.84. The number of hydrogen-bond donors (Lipinski definition) is 1. The molecule has 0 saturated heterocycles. The lowest BCUT2D eigenvalue weighted by atomic mass is 9.85. The van der Waals surface area contributed by atoms with Gasteiger partial charge in [0, 0.05) is 0 Å². The van der Waals surface area contributed by atoms with E-state index in [-0.39, 0.29) is 12.5 Å². The van der Waals surface area contributed by atoms with Crippen LogP contribution in [-0.2, 0) is 6.18 Å². The predicted molar refractivity (Wildman–Crippen MR) is 69.5 cm³/mol. The third-order valence-electron chi connectivity index (χ3n) is 3.80. The maximum Gasteiger partial charge on any atom is 0.416 e. The van der Waals surface area contributed by atoms with Crippen LogP contribution in [0.3, 0.4) is 0 Å². The maximum atomic E-state index is 12.4. The standard InChI is InChI=1S/C15H19F3O2/c16-15(17,18)12-6-8-13(9-7-12)20-10-14(19)11-4-2-1-3-5-11/h6-9,11,14,19H,1-5,10H2. The molecular weight excluding hydrogens is 269 g/mol. The average Bonchev–Trinajstić information content (AvgIpc) is 2.45. The van der Waals surface area contributed by atoms with E-state index in [2.05, 4.69) is 0 Å². The van der Waals surface area contributed by atoms with Crippen LogP contribution in [0.25, 0.3) is 0 Å². The van der Waals surface area contributed by atoms with E-state index >= 15 is 0 Å². The van der Waals surface area contributed by atoms with Gasteiger partial charge in [0.2, 0.25) is 0 Å².